The minimum absolute atomic E-state index is 0.112. The lowest BCUT2D eigenvalue weighted by molar-refractivity contribution is -0.122. The number of rotatable bonds is 4. The van der Waals surface area contributed by atoms with Crippen molar-refractivity contribution >= 4 is 23.3 Å². The van der Waals surface area contributed by atoms with Crippen LogP contribution in [0.15, 0.2) is 34.9 Å². The van der Waals surface area contributed by atoms with Gasteiger partial charge in [-0.05, 0) is 30.5 Å². The number of nitrogens with zero attached hydrogens (tertiary/aromatic N) is 2. The van der Waals surface area contributed by atoms with Crippen molar-refractivity contribution in [3.05, 3.63) is 41.7 Å². The average molecular weight is 327 g/mol. The van der Waals surface area contributed by atoms with E-state index in [4.69, 9.17) is 4.52 Å². The van der Waals surface area contributed by atoms with Crippen LogP contribution in [-0.2, 0) is 9.59 Å². The van der Waals surface area contributed by atoms with Crippen LogP contribution < -0.4 is 10.2 Å². The molecule has 2 heterocycles. The lowest BCUT2D eigenvalue weighted by Crippen LogP contribution is -2.28. The molecule has 1 saturated heterocycles. The summed E-state index contributed by atoms with van der Waals surface area (Å²) in [7, 11) is 0. The maximum Gasteiger partial charge on any atom is 0.229 e. The van der Waals surface area contributed by atoms with Crippen molar-refractivity contribution in [1.29, 1.82) is 0 Å². The van der Waals surface area contributed by atoms with E-state index in [2.05, 4.69) is 24.3 Å². The Bertz CT molecular complexity index is 749. The summed E-state index contributed by atoms with van der Waals surface area (Å²) in [5, 5.41) is 6.74. The molecule has 2 amide bonds. The maximum atomic E-state index is 12.4. The SMILES string of the molecule is Cc1cc(N2CC(C(=O)Nc3ccc(C(C)C)cc3)CC2=O)no1. The minimum atomic E-state index is -0.390. The first-order valence-electron chi connectivity index (χ1n) is 8.08. The highest BCUT2D eigenvalue weighted by Gasteiger charge is 2.36. The molecule has 1 aliphatic rings. The number of carbonyl (C=O) groups excluding carboxylic acids is 2. The average Bonchev–Trinajstić information content (AvgIpc) is 3.13. The number of amides is 2. The summed E-state index contributed by atoms with van der Waals surface area (Å²) in [6.45, 7) is 6.33. The van der Waals surface area contributed by atoms with Crippen LogP contribution in [0.5, 0.6) is 0 Å². The molecule has 1 atom stereocenters. The first-order chi connectivity index (χ1) is 11.4. The highest BCUT2D eigenvalue weighted by Crippen LogP contribution is 2.26. The third-order valence-corrected chi connectivity index (χ3v) is 4.23. The molecule has 6 nitrogen and oxygen atoms in total. The quantitative estimate of drug-likeness (QED) is 0.936. The molecule has 0 bridgehead atoms. The van der Waals surface area contributed by atoms with E-state index >= 15 is 0 Å². The lowest BCUT2D eigenvalue weighted by atomic mass is 10.0. The van der Waals surface area contributed by atoms with Crippen molar-refractivity contribution in [2.45, 2.75) is 33.1 Å². The Hall–Kier alpha value is -2.63. The second-order valence-corrected chi connectivity index (χ2v) is 6.47. The third kappa shape index (κ3) is 3.32. The van der Waals surface area contributed by atoms with Crippen LogP contribution >= 0.6 is 0 Å². The summed E-state index contributed by atoms with van der Waals surface area (Å²) in [6, 6.07) is 9.49. The van der Waals surface area contributed by atoms with Crippen molar-refractivity contribution in [3.8, 4) is 0 Å². The largest absolute Gasteiger partial charge is 0.360 e. The molecule has 6 heteroatoms. The normalized spacial score (nSPS) is 17.6. The van der Waals surface area contributed by atoms with E-state index in [0.717, 1.165) is 5.69 Å². The molecule has 1 aromatic carbocycles. The van der Waals surface area contributed by atoms with E-state index in [1.54, 1.807) is 13.0 Å². The molecule has 0 spiro atoms. The smallest absolute Gasteiger partial charge is 0.229 e. The van der Waals surface area contributed by atoms with Gasteiger partial charge in [0.05, 0.1) is 5.92 Å². The Morgan fingerprint density at radius 2 is 2.04 bits per heavy atom. The Balaban J connectivity index is 1.64. The zero-order valence-electron chi connectivity index (χ0n) is 14.1. The molecule has 24 heavy (non-hydrogen) atoms. The van der Waals surface area contributed by atoms with E-state index in [0.29, 0.717) is 24.0 Å². The molecule has 2 aromatic rings. The Morgan fingerprint density at radius 1 is 1.33 bits per heavy atom. The van der Waals surface area contributed by atoms with Crippen molar-refractivity contribution < 1.29 is 14.1 Å². The van der Waals surface area contributed by atoms with Crippen LogP contribution in [0.3, 0.4) is 0 Å². The Morgan fingerprint density at radius 3 is 2.62 bits per heavy atom. The van der Waals surface area contributed by atoms with Gasteiger partial charge < -0.3 is 9.84 Å². The molecular formula is C18H21N3O3. The standard InChI is InChI=1S/C18H21N3O3/c1-11(2)13-4-6-15(7-5-13)19-18(23)14-9-17(22)21(10-14)16-8-12(3)24-20-16/h4-8,11,14H,9-10H2,1-3H3,(H,19,23). The summed E-state index contributed by atoms with van der Waals surface area (Å²) in [6.07, 6.45) is 0.182. The molecule has 3 rings (SSSR count). The molecule has 1 unspecified atom stereocenters. The first-order valence-corrected chi connectivity index (χ1v) is 8.08. The molecular weight excluding hydrogens is 306 g/mol. The van der Waals surface area contributed by atoms with Gasteiger partial charge in [0.15, 0.2) is 5.82 Å². The maximum absolute atomic E-state index is 12.4. The fraction of sp³-hybridized carbons (Fsp3) is 0.389. The number of hydrogen-bond acceptors (Lipinski definition) is 4. The minimum Gasteiger partial charge on any atom is -0.360 e. The van der Waals surface area contributed by atoms with Gasteiger partial charge in [0.2, 0.25) is 11.8 Å². The van der Waals surface area contributed by atoms with Crippen molar-refractivity contribution in [1.82, 2.24) is 5.16 Å². The van der Waals surface area contributed by atoms with E-state index in [1.807, 2.05) is 24.3 Å². The molecule has 1 aliphatic heterocycles. The van der Waals surface area contributed by atoms with Gasteiger partial charge in [0.25, 0.3) is 0 Å². The van der Waals surface area contributed by atoms with Crippen LogP contribution in [-0.4, -0.2) is 23.5 Å². The van der Waals surface area contributed by atoms with Gasteiger partial charge in [-0.1, -0.05) is 31.1 Å². The second kappa shape index (κ2) is 6.47. The number of benzene rings is 1. The Kier molecular flexibility index (Phi) is 4.38. The van der Waals surface area contributed by atoms with Crippen LogP contribution in [0.1, 0.15) is 37.5 Å². The number of aromatic nitrogens is 1. The predicted octanol–water partition coefficient (Wildman–Crippen LogP) is 3.10. The van der Waals surface area contributed by atoms with Gasteiger partial charge in [-0.3, -0.25) is 14.5 Å². The summed E-state index contributed by atoms with van der Waals surface area (Å²) in [4.78, 5) is 26.1. The zero-order valence-corrected chi connectivity index (χ0v) is 14.1. The summed E-state index contributed by atoms with van der Waals surface area (Å²) >= 11 is 0. The van der Waals surface area contributed by atoms with Crippen molar-refractivity contribution in [3.63, 3.8) is 0 Å². The van der Waals surface area contributed by atoms with Crippen LogP contribution in [0.4, 0.5) is 11.5 Å². The second-order valence-electron chi connectivity index (χ2n) is 6.47. The van der Waals surface area contributed by atoms with Gasteiger partial charge in [-0.2, -0.15) is 0 Å². The van der Waals surface area contributed by atoms with E-state index in [9.17, 15) is 9.59 Å². The zero-order chi connectivity index (χ0) is 17.3. The number of anilines is 2. The highest BCUT2D eigenvalue weighted by atomic mass is 16.5. The predicted molar refractivity (Wildman–Crippen MR) is 90.9 cm³/mol. The lowest BCUT2D eigenvalue weighted by Gasteiger charge is -2.13. The molecule has 0 radical (unpaired) electrons. The summed E-state index contributed by atoms with van der Waals surface area (Å²) in [5.41, 5.74) is 1.96. The van der Waals surface area contributed by atoms with Gasteiger partial charge in [0, 0.05) is 24.7 Å². The van der Waals surface area contributed by atoms with Gasteiger partial charge in [0.1, 0.15) is 5.76 Å². The number of nitrogens with one attached hydrogen (secondary N) is 1. The molecule has 0 aliphatic carbocycles. The fourth-order valence-corrected chi connectivity index (χ4v) is 2.78. The van der Waals surface area contributed by atoms with Crippen LogP contribution in [0.25, 0.3) is 0 Å². The molecule has 1 N–H and O–H groups in total. The molecule has 126 valence electrons. The summed E-state index contributed by atoms with van der Waals surface area (Å²) in [5.74, 6) is 0.896. The molecule has 0 saturated carbocycles. The van der Waals surface area contributed by atoms with Crippen molar-refractivity contribution in [2.24, 2.45) is 5.92 Å². The van der Waals surface area contributed by atoms with Crippen molar-refractivity contribution in [2.75, 3.05) is 16.8 Å². The fourth-order valence-electron chi connectivity index (χ4n) is 2.78. The highest BCUT2D eigenvalue weighted by molar-refractivity contribution is 6.03. The monoisotopic (exact) mass is 327 g/mol. The van der Waals surface area contributed by atoms with E-state index in [-0.39, 0.29) is 24.2 Å². The van der Waals surface area contributed by atoms with Crippen LogP contribution in [0.2, 0.25) is 0 Å². The van der Waals surface area contributed by atoms with Crippen LogP contribution in [0, 0.1) is 12.8 Å². The number of carbonyl (C=O) groups is 2. The van der Waals surface area contributed by atoms with Gasteiger partial charge >= 0.3 is 0 Å². The topological polar surface area (TPSA) is 75.4 Å². The van der Waals surface area contributed by atoms with Gasteiger partial charge in [-0.15, -0.1) is 0 Å². The number of aryl methyl sites for hydroxylation is 1. The number of hydrogen-bond donors (Lipinski definition) is 1. The Labute approximate surface area is 140 Å². The van der Waals surface area contributed by atoms with E-state index in [1.165, 1.54) is 10.5 Å². The summed E-state index contributed by atoms with van der Waals surface area (Å²) < 4.78 is 5.00. The molecule has 1 aromatic heterocycles. The molecule has 1 fully saturated rings. The van der Waals surface area contributed by atoms with Gasteiger partial charge in [-0.25, -0.2) is 0 Å². The first kappa shape index (κ1) is 16.2. The third-order valence-electron chi connectivity index (χ3n) is 4.23. The van der Waals surface area contributed by atoms with E-state index < -0.39 is 0 Å².